The Kier molecular flexibility index (Phi) is 5.62. The van der Waals surface area contributed by atoms with Gasteiger partial charge in [0, 0.05) is 18.6 Å². The molecule has 1 atom stereocenters. The third-order valence-electron chi connectivity index (χ3n) is 4.53. The van der Waals surface area contributed by atoms with Crippen molar-refractivity contribution in [3.63, 3.8) is 0 Å². The minimum absolute atomic E-state index is 0.282. The molecule has 1 fully saturated rings. The highest BCUT2D eigenvalue weighted by molar-refractivity contribution is 5.34. The van der Waals surface area contributed by atoms with Crippen LogP contribution in [0, 0.1) is 19.3 Å². The fraction of sp³-hybridized carbons (Fsp3) is 0.667. The maximum atomic E-state index is 5.83. The molecule has 1 aliphatic rings. The second-order valence-electron chi connectivity index (χ2n) is 6.38. The van der Waals surface area contributed by atoms with Crippen molar-refractivity contribution in [1.82, 2.24) is 5.32 Å². The predicted octanol–water partition coefficient (Wildman–Crippen LogP) is 3.64. The lowest BCUT2D eigenvalue weighted by Crippen LogP contribution is -2.43. The summed E-state index contributed by atoms with van der Waals surface area (Å²) < 4.78 is 5.83. The highest BCUT2D eigenvalue weighted by atomic mass is 16.5. The van der Waals surface area contributed by atoms with Gasteiger partial charge in [0.05, 0.1) is 6.61 Å². The zero-order valence-corrected chi connectivity index (χ0v) is 13.3. The van der Waals surface area contributed by atoms with E-state index in [1.807, 2.05) is 0 Å². The minimum atomic E-state index is 0.282. The molecule has 0 bridgehead atoms. The van der Waals surface area contributed by atoms with E-state index >= 15 is 0 Å². The molecule has 112 valence electrons. The van der Waals surface area contributed by atoms with Crippen molar-refractivity contribution < 1.29 is 4.74 Å². The van der Waals surface area contributed by atoms with E-state index < -0.39 is 0 Å². The van der Waals surface area contributed by atoms with Gasteiger partial charge < -0.3 is 10.1 Å². The second kappa shape index (κ2) is 7.24. The number of nitrogens with one attached hydrogen (secondary N) is 1. The smallest absolute Gasteiger partial charge is 0.0537 e. The lowest BCUT2D eigenvalue weighted by atomic mass is 9.75. The maximum absolute atomic E-state index is 5.83. The molecule has 0 spiro atoms. The van der Waals surface area contributed by atoms with Crippen molar-refractivity contribution in [3.05, 3.63) is 34.9 Å². The van der Waals surface area contributed by atoms with Crippen LogP contribution in [0.25, 0.3) is 0 Å². The first-order valence-electron chi connectivity index (χ1n) is 8.00. The Hall–Kier alpha value is -0.860. The molecule has 0 radical (unpaired) electrons. The van der Waals surface area contributed by atoms with Crippen LogP contribution in [0.3, 0.4) is 0 Å². The standard InChI is InChI=1S/C18H29NO/c1-4-10-19-13-18(9-6-11-20-14-18)12-17-15(2)7-5-8-16(17)3/h5,7-8,19H,4,6,9-14H2,1-3H3. The Balaban J connectivity index is 2.14. The normalized spacial score (nSPS) is 22.9. The molecule has 2 nitrogen and oxygen atoms in total. The third-order valence-corrected chi connectivity index (χ3v) is 4.53. The van der Waals surface area contributed by atoms with Crippen LogP contribution in [0.4, 0.5) is 0 Å². The second-order valence-corrected chi connectivity index (χ2v) is 6.38. The summed E-state index contributed by atoms with van der Waals surface area (Å²) in [6.45, 7) is 10.7. The first-order valence-corrected chi connectivity index (χ1v) is 8.00. The van der Waals surface area contributed by atoms with E-state index in [2.05, 4.69) is 44.3 Å². The molecule has 0 amide bonds. The lowest BCUT2D eigenvalue weighted by molar-refractivity contribution is -0.00720. The van der Waals surface area contributed by atoms with Gasteiger partial charge in [-0.1, -0.05) is 25.1 Å². The number of hydrogen-bond acceptors (Lipinski definition) is 2. The molecule has 2 heteroatoms. The molecule has 0 aromatic heterocycles. The first kappa shape index (κ1) is 15.5. The molecule has 1 heterocycles. The Morgan fingerprint density at radius 3 is 2.60 bits per heavy atom. The third kappa shape index (κ3) is 3.83. The van der Waals surface area contributed by atoms with Gasteiger partial charge in [-0.3, -0.25) is 0 Å². The van der Waals surface area contributed by atoms with Crippen LogP contribution >= 0.6 is 0 Å². The molecule has 1 aliphatic heterocycles. The van der Waals surface area contributed by atoms with Crippen LogP contribution in [-0.2, 0) is 11.2 Å². The number of ether oxygens (including phenoxy) is 1. The maximum Gasteiger partial charge on any atom is 0.0537 e. The molecule has 20 heavy (non-hydrogen) atoms. The van der Waals surface area contributed by atoms with E-state index in [4.69, 9.17) is 4.74 Å². The predicted molar refractivity (Wildman–Crippen MR) is 85.3 cm³/mol. The Morgan fingerprint density at radius 2 is 2.00 bits per heavy atom. The number of benzene rings is 1. The Labute approximate surface area is 123 Å². The van der Waals surface area contributed by atoms with Gasteiger partial charge in [0.25, 0.3) is 0 Å². The number of aryl methyl sites for hydroxylation is 2. The fourth-order valence-corrected chi connectivity index (χ4v) is 3.28. The zero-order valence-electron chi connectivity index (χ0n) is 13.3. The van der Waals surface area contributed by atoms with Crippen molar-refractivity contribution in [1.29, 1.82) is 0 Å². The molecule has 2 rings (SSSR count). The molecule has 1 aromatic carbocycles. The van der Waals surface area contributed by atoms with Crippen LogP contribution in [0.2, 0.25) is 0 Å². The summed E-state index contributed by atoms with van der Waals surface area (Å²) in [6.07, 6.45) is 4.80. The van der Waals surface area contributed by atoms with Crippen LogP contribution < -0.4 is 5.32 Å². The SMILES string of the molecule is CCCNCC1(Cc2c(C)cccc2C)CCCOC1. The summed E-state index contributed by atoms with van der Waals surface area (Å²) in [5.41, 5.74) is 4.65. The van der Waals surface area contributed by atoms with E-state index in [9.17, 15) is 0 Å². The zero-order chi connectivity index (χ0) is 14.4. The molecule has 0 saturated carbocycles. The summed E-state index contributed by atoms with van der Waals surface area (Å²) in [5, 5.41) is 3.62. The highest BCUT2D eigenvalue weighted by Gasteiger charge is 2.33. The minimum Gasteiger partial charge on any atom is -0.381 e. The van der Waals surface area contributed by atoms with Gasteiger partial charge in [-0.25, -0.2) is 0 Å². The van der Waals surface area contributed by atoms with E-state index in [1.165, 1.54) is 36.0 Å². The molecule has 1 N–H and O–H groups in total. The van der Waals surface area contributed by atoms with Gasteiger partial charge in [0.15, 0.2) is 0 Å². The summed E-state index contributed by atoms with van der Waals surface area (Å²) in [5.74, 6) is 0. The fourth-order valence-electron chi connectivity index (χ4n) is 3.28. The number of hydrogen-bond donors (Lipinski definition) is 1. The van der Waals surface area contributed by atoms with Gasteiger partial charge >= 0.3 is 0 Å². The molecule has 1 unspecified atom stereocenters. The van der Waals surface area contributed by atoms with Crippen LogP contribution in [-0.4, -0.2) is 26.3 Å². The topological polar surface area (TPSA) is 21.3 Å². The van der Waals surface area contributed by atoms with Gasteiger partial charge in [0.1, 0.15) is 0 Å². The summed E-state index contributed by atoms with van der Waals surface area (Å²) >= 11 is 0. The average Bonchev–Trinajstić information content (AvgIpc) is 2.45. The van der Waals surface area contributed by atoms with Crippen LogP contribution in [0.15, 0.2) is 18.2 Å². The first-order chi connectivity index (χ1) is 9.67. The van der Waals surface area contributed by atoms with Crippen LogP contribution in [0.1, 0.15) is 42.9 Å². The van der Waals surface area contributed by atoms with E-state index in [0.717, 1.165) is 32.7 Å². The Morgan fingerprint density at radius 1 is 1.25 bits per heavy atom. The quantitative estimate of drug-likeness (QED) is 0.800. The largest absolute Gasteiger partial charge is 0.381 e. The number of rotatable bonds is 6. The lowest BCUT2D eigenvalue weighted by Gasteiger charge is -2.38. The van der Waals surface area contributed by atoms with Gasteiger partial charge in [-0.15, -0.1) is 0 Å². The van der Waals surface area contributed by atoms with Crippen molar-refractivity contribution in [2.24, 2.45) is 5.41 Å². The highest BCUT2D eigenvalue weighted by Crippen LogP contribution is 2.34. The van der Waals surface area contributed by atoms with Gasteiger partial charge in [-0.2, -0.15) is 0 Å². The van der Waals surface area contributed by atoms with E-state index in [0.29, 0.717) is 0 Å². The summed E-state index contributed by atoms with van der Waals surface area (Å²) in [7, 11) is 0. The van der Waals surface area contributed by atoms with Crippen molar-refractivity contribution in [2.75, 3.05) is 26.3 Å². The molecule has 0 aliphatic carbocycles. The van der Waals surface area contributed by atoms with Gasteiger partial charge in [-0.05, 0) is 62.8 Å². The molecular weight excluding hydrogens is 246 g/mol. The average molecular weight is 275 g/mol. The van der Waals surface area contributed by atoms with Crippen molar-refractivity contribution in [3.8, 4) is 0 Å². The van der Waals surface area contributed by atoms with Gasteiger partial charge in [0.2, 0.25) is 0 Å². The van der Waals surface area contributed by atoms with Crippen molar-refractivity contribution >= 4 is 0 Å². The molecular formula is C18H29NO. The van der Waals surface area contributed by atoms with E-state index in [1.54, 1.807) is 0 Å². The van der Waals surface area contributed by atoms with Crippen molar-refractivity contribution in [2.45, 2.75) is 46.5 Å². The monoisotopic (exact) mass is 275 g/mol. The van der Waals surface area contributed by atoms with Crippen LogP contribution in [0.5, 0.6) is 0 Å². The summed E-state index contributed by atoms with van der Waals surface area (Å²) in [6, 6.07) is 6.63. The van der Waals surface area contributed by atoms with E-state index in [-0.39, 0.29) is 5.41 Å². The molecule has 1 aromatic rings. The molecule has 1 saturated heterocycles. The Bertz CT molecular complexity index is 401. The summed E-state index contributed by atoms with van der Waals surface area (Å²) in [4.78, 5) is 0.